The number of hydrogen-bond donors (Lipinski definition) is 1. The van der Waals surface area contributed by atoms with Crippen molar-refractivity contribution in [2.75, 3.05) is 25.3 Å². The number of rotatable bonds is 9. The molecule has 0 aliphatic carbocycles. The van der Waals surface area contributed by atoms with Crippen molar-refractivity contribution in [3.63, 3.8) is 0 Å². The minimum atomic E-state index is -0.652. The van der Waals surface area contributed by atoms with Crippen LogP contribution in [0.15, 0.2) is 47.6 Å². The molecule has 0 saturated heterocycles. The van der Waals surface area contributed by atoms with Crippen LogP contribution in [-0.2, 0) is 27.9 Å². The number of nitrogens with zero attached hydrogens (tertiary/aromatic N) is 3. The number of nitrogens with one attached hydrogen (secondary N) is 1. The summed E-state index contributed by atoms with van der Waals surface area (Å²) >= 11 is 7.25. The maximum Gasteiger partial charge on any atom is 0.337 e. The van der Waals surface area contributed by atoms with Crippen LogP contribution >= 0.6 is 23.4 Å². The number of amides is 1. The summed E-state index contributed by atoms with van der Waals surface area (Å²) in [5.74, 6) is -0.590. The molecule has 0 fully saturated rings. The third-order valence-electron chi connectivity index (χ3n) is 4.51. The van der Waals surface area contributed by atoms with Gasteiger partial charge in [0.05, 0.1) is 36.1 Å². The Morgan fingerprint density at radius 2 is 1.68 bits per heavy atom. The third kappa shape index (κ3) is 6.27. The molecule has 3 aromatic rings. The first-order valence-electron chi connectivity index (χ1n) is 9.82. The van der Waals surface area contributed by atoms with Crippen LogP contribution in [0.1, 0.15) is 26.5 Å². The zero-order chi connectivity index (χ0) is 24.7. The van der Waals surface area contributed by atoms with E-state index in [9.17, 15) is 14.4 Å². The summed E-state index contributed by atoms with van der Waals surface area (Å²) < 4.78 is 16.8. The molecular weight excluding hydrogens is 484 g/mol. The molecule has 12 heteroatoms. The van der Waals surface area contributed by atoms with Crippen LogP contribution in [0.2, 0.25) is 5.02 Å². The first kappa shape index (κ1) is 25.1. The largest absolute Gasteiger partial charge is 0.484 e. The van der Waals surface area contributed by atoms with Crippen LogP contribution in [0.3, 0.4) is 0 Å². The number of methoxy groups -OCH3 is 2. The molecule has 0 aliphatic rings. The Morgan fingerprint density at radius 3 is 2.29 bits per heavy atom. The second-order valence-electron chi connectivity index (χ2n) is 6.80. The van der Waals surface area contributed by atoms with E-state index in [1.165, 1.54) is 32.4 Å². The van der Waals surface area contributed by atoms with E-state index in [2.05, 4.69) is 15.5 Å². The van der Waals surface area contributed by atoms with Gasteiger partial charge in [0.25, 0.3) is 0 Å². The molecule has 10 nitrogen and oxygen atoms in total. The van der Waals surface area contributed by atoms with Crippen molar-refractivity contribution >= 4 is 46.9 Å². The van der Waals surface area contributed by atoms with Crippen molar-refractivity contribution in [1.82, 2.24) is 14.8 Å². The number of carbonyl (C=O) groups excluding carboxylic acids is 3. The number of carbonyl (C=O) groups is 3. The summed E-state index contributed by atoms with van der Waals surface area (Å²) in [6.45, 7) is 0.149. The second-order valence-corrected chi connectivity index (χ2v) is 8.15. The smallest absolute Gasteiger partial charge is 0.337 e. The van der Waals surface area contributed by atoms with Crippen LogP contribution in [0, 0.1) is 0 Å². The Hall–Kier alpha value is -3.57. The highest BCUT2D eigenvalue weighted by molar-refractivity contribution is 7.99. The zero-order valence-corrected chi connectivity index (χ0v) is 20.1. The molecule has 2 aromatic carbocycles. The Morgan fingerprint density at radius 1 is 1.03 bits per heavy atom. The molecule has 0 aliphatic heterocycles. The van der Waals surface area contributed by atoms with E-state index in [0.717, 1.165) is 11.8 Å². The van der Waals surface area contributed by atoms with Gasteiger partial charge in [-0.3, -0.25) is 4.79 Å². The lowest BCUT2D eigenvalue weighted by Crippen LogP contribution is -2.16. The van der Waals surface area contributed by atoms with Gasteiger partial charge in [-0.25, -0.2) is 9.59 Å². The molecular formula is C22H21ClN4O6S. The molecule has 178 valence electrons. The first-order chi connectivity index (χ1) is 16.3. The van der Waals surface area contributed by atoms with Gasteiger partial charge < -0.3 is 24.1 Å². The highest BCUT2D eigenvalue weighted by Crippen LogP contribution is 2.24. The molecule has 1 amide bonds. The molecule has 0 radical (unpaired) electrons. The van der Waals surface area contributed by atoms with Gasteiger partial charge in [-0.15, -0.1) is 10.2 Å². The van der Waals surface area contributed by atoms with E-state index < -0.39 is 11.9 Å². The fraction of sp³-hybridized carbons (Fsp3) is 0.227. The van der Waals surface area contributed by atoms with E-state index >= 15 is 0 Å². The summed E-state index contributed by atoms with van der Waals surface area (Å²) in [5.41, 5.74) is 0.454. The summed E-state index contributed by atoms with van der Waals surface area (Å²) in [5, 5.41) is 11.8. The molecule has 1 aromatic heterocycles. The topological polar surface area (TPSA) is 122 Å². The molecule has 0 spiro atoms. The molecule has 0 saturated carbocycles. The van der Waals surface area contributed by atoms with Crippen LogP contribution in [-0.4, -0.2) is 52.6 Å². The van der Waals surface area contributed by atoms with E-state index in [1.54, 1.807) is 29.8 Å². The van der Waals surface area contributed by atoms with Gasteiger partial charge in [0, 0.05) is 12.7 Å². The van der Waals surface area contributed by atoms with Crippen molar-refractivity contribution < 1.29 is 28.6 Å². The number of benzene rings is 2. The van der Waals surface area contributed by atoms with Crippen molar-refractivity contribution in [2.45, 2.75) is 11.8 Å². The highest BCUT2D eigenvalue weighted by Gasteiger charge is 2.16. The zero-order valence-electron chi connectivity index (χ0n) is 18.5. The number of aromatic nitrogens is 3. The van der Waals surface area contributed by atoms with Crippen molar-refractivity contribution in [2.24, 2.45) is 7.05 Å². The normalized spacial score (nSPS) is 10.5. The van der Waals surface area contributed by atoms with Gasteiger partial charge in [0.15, 0.2) is 11.0 Å². The standard InChI is InChI=1S/C22H21ClN4O6S/c1-27-18(11-33-17-7-5-4-6-16(17)23)25-26-22(27)34-12-19(28)24-15-9-13(20(29)31-2)8-14(10-15)21(30)32-3/h4-10H,11-12H2,1-3H3,(H,24,28). The Kier molecular flexibility index (Phi) is 8.50. The molecule has 3 rings (SSSR count). The second kappa shape index (κ2) is 11.5. The molecule has 1 heterocycles. The maximum atomic E-state index is 12.5. The summed E-state index contributed by atoms with van der Waals surface area (Å²) in [4.78, 5) is 36.3. The number of halogens is 1. The monoisotopic (exact) mass is 504 g/mol. The average molecular weight is 505 g/mol. The Labute approximate surface area is 204 Å². The summed E-state index contributed by atoms with van der Waals surface area (Å²) in [6, 6.07) is 11.2. The van der Waals surface area contributed by atoms with Crippen molar-refractivity contribution in [3.05, 3.63) is 64.4 Å². The lowest BCUT2D eigenvalue weighted by molar-refractivity contribution is -0.113. The minimum Gasteiger partial charge on any atom is -0.484 e. The predicted molar refractivity (Wildman–Crippen MR) is 125 cm³/mol. The lowest BCUT2D eigenvalue weighted by Gasteiger charge is -2.10. The van der Waals surface area contributed by atoms with Gasteiger partial charge >= 0.3 is 11.9 Å². The number of anilines is 1. The van der Waals surface area contributed by atoms with Crippen LogP contribution in [0.4, 0.5) is 5.69 Å². The SMILES string of the molecule is COC(=O)c1cc(NC(=O)CSc2nnc(COc3ccccc3Cl)n2C)cc(C(=O)OC)c1. The number of ether oxygens (including phenoxy) is 3. The van der Waals surface area contributed by atoms with E-state index in [1.807, 2.05) is 6.07 Å². The van der Waals surface area contributed by atoms with E-state index in [4.69, 9.17) is 25.8 Å². The molecule has 1 N–H and O–H groups in total. The van der Waals surface area contributed by atoms with Gasteiger partial charge in [-0.1, -0.05) is 35.5 Å². The van der Waals surface area contributed by atoms with Gasteiger partial charge in [-0.05, 0) is 30.3 Å². The Balaban J connectivity index is 1.62. The molecule has 0 atom stereocenters. The van der Waals surface area contributed by atoms with Gasteiger partial charge in [0.1, 0.15) is 12.4 Å². The number of para-hydroxylation sites is 1. The fourth-order valence-electron chi connectivity index (χ4n) is 2.80. The van der Waals surface area contributed by atoms with E-state index in [0.29, 0.717) is 21.8 Å². The van der Waals surface area contributed by atoms with E-state index in [-0.39, 0.29) is 35.1 Å². The number of thioether (sulfide) groups is 1. The first-order valence-corrected chi connectivity index (χ1v) is 11.2. The molecule has 0 bridgehead atoms. The Bertz CT molecular complexity index is 1180. The molecule has 34 heavy (non-hydrogen) atoms. The predicted octanol–water partition coefficient (Wildman–Crippen LogP) is 3.35. The fourth-order valence-corrected chi connectivity index (χ4v) is 3.72. The quantitative estimate of drug-likeness (QED) is 0.345. The maximum absolute atomic E-state index is 12.5. The third-order valence-corrected chi connectivity index (χ3v) is 5.84. The summed E-state index contributed by atoms with van der Waals surface area (Å²) in [7, 11) is 4.20. The lowest BCUT2D eigenvalue weighted by atomic mass is 10.1. The number of hydrogen-bond acceptors (Lipinski definition) is 9. The van der Waals surface area contributed by atoms with Gasteiger partial charge in [0.2, 0.25) is 5.91 Å². The van der Waals surface area contributed by atoms with Crippen molar-refractivity contribution in [3.8, 4) is 5.75 Å². The minimum absolute atomic E-state index is 0.00729. The summed E-state index contributed by atoms with van der Waals surface area (Å²) in [6.07, 6.45) is 0. The molecule has 0 unspecified atom stereocenters. The average Bonchev–Trinajstić information content (AvgIpc) is 3.20. The van der Waals surface area contributed by atoms with Crippen LogP contribution < -0.4 is 10.1 Å². The van der Waals surface area contributed by atoms with Gasteiger partial charge in [-0.2, -0.15) is 0 Å². The number of esters is 2. The van der Waals surface area contributed by atoms with Crippen LogP contribution in [0.25, 0.3) is 0 Å². The van der Waals surface area contributed by atoms with Crippen LogP contribution in [0.5, 0.6) is 5.75 Å². The van der Waals surface area contributed by atoms with Crippen molar-refractivity contribution in [1.29, 1.82) is 0 Å². The highest BCUT2D eigenvalue weighted by atomic mass is 35.5.